The molecule has 7 nitrogen and oxygen atoms in total. The van der Waals surface area contributed by atoms with E-state index in [1.54, 1.807) is 7.05 Å². The number of ether oxygens (including phenoxy) is 3. The van der Waals surface area contributed by atoms with Gasteiger partial charge in [0.2, 0.25) is 5.90 Å². The Kier molecular flexibility index (Phi) is 9.76. The Morgan fingerprint density at radius 1 is 1.32 bits per heavy atom. The number of halogens is 5. The monoisotopic (exact) mass is 567 g/mol. The molecule has 2 aliphatic rings. The number of carbonyl (C=O) groups is 1. The van der Waals surface area contributed by atoms with Gasteiger partial charge in [-0.25, -0.2) is 4.39 Å². The van der Waals surface area contributed by atoms with Crippen LogP contribution in [0, 0.1) is 11.7 Å². The molecule has 0 bridgehead atoms. The van der Waals surface area contributed by atoms with Gasteiger partial charge in [-0.05, 0) is 57.2 Å². The minimum Gasteiger partial charge on any atom is -0.484 e. The number of rotatable bonds is 8. The van der Waals surface area contributed by atoms with Crippen LogP contribution in [0.25, 0.3) is 0 Å². The van der Waals surface area contributed by atoms with Crippen LogP contribution >= 0.6 is 24.2 Å². The van der Waals surface area contributed by atoms with Crippen molar-refractivity contribution in [2.45, 2.75) is 62.9 Å². The van der Waals surface area contributed by atoms with Gasteiger partial charge in [0.05, 0.1) is 22.0 Å². The zero-order chi connectivity index (χ0) is 27.4. The molecular formula is C24H30ClF4N3O4S. The molecule has 0 radical (unpaired) electrons. The molecule has 1 aliphatic carbocycles. The number of nitrogens with zero attached hydrogens (tertiary/aromatic N) is 1. The fourth-order valence-corrected chi connectivity index (χ4v) is 4.70. The molecule has 0 unspecified atom stereocenters. The normalized spacial score (nSPS) is 26.2. The van der Waals surface area contributed by atoms with Crippen LogP contribution < -0.4 is 15.4 Å². The molecule has 1 aromatic rings. The second-order valence-electron chi connectivity index (χ2n) is 9.30. The molecule has 2 N–H and O–H groups in total. The average Bonchev–Trinajstić information content (AvgIpc) is 2.78. The summed E-state index contributed by atoms with van der Waals surface area (Å²) in [5.41, 5.74) is 0.851. The minimum absolute atomic E-state index is 0.0445. The summed E-state index contributed by atoms with van der Waals surface area (Å²) in [5, 5.41) is 6.03. The molecule has 1 saturated heterocycles. The van der Waals surface area contributed by atoms with Gasteiger partial charge in [-0.2, -0.15) is 12.6 Å². The number of carbonyl (C=O) groups excluding carboxylic acids is 1. The van der Waals surface area contributed by atoms with E-state index in [4.69, 9.17) is 21.1 Å². The summed E-state index contributed by atoms with van der Waals surface area (Å²) in [7, 11) is 1.58. The summed E-state index contributed by atoms with van der Waals surface area (Å²) < 4.78 is 66.4. The van der Waals surface area contributed by atoms with Gasteiger partial charge in [-0.15, -0.1) is 13.2 Å². The number of thiol groups is 1. The summed E-state index contributed by atoms with van der Waals surface area (Å²) in [6, 6.07) is 3.62. The van der Waals surface area contributed by atoms with Gasteiger partial charge in [-0.1, -0.05) is 11.6 Å². The number of allylic oxidation sites excluding steroid dienone is 2. The van der Waals surface area contributed by atoms with Crippen molar-refractivity contribution in [1.82, 2.24) is 10.6 Å². The molecule has 2 fully saturated rings. The van der Waals surface area contributed by atoms with Gasteiger partial charge in [0.25, 0.3) is 5.91 Å². The van der Waals surface area contributed by atoms with Crippen LogP contribution in [-0.2, 0) is 14.3 Å². The topological polar surface area (TPSA) is 81.2 Å². The van der Waals surface area contributed by atoms with E-state index in [-0.39, 0.29) is 42.2 Å². The largest absolute Gasteiger partial charge is 0.522 e. The number of piperidine rings is 1. The molecule has 1 saturated carbocycles. The predicted molar refractivity (Wildman–Crippen MR) is 134 cm³/mol. The highest BCUT2D eigenvalue weighted by molar-refractivity contribution is 7.81. The van der Waals surface area contributed by atoms with Gasteiger partial charge in [0, 0.05) is 25.6 Å². The number of benzene rings is 1. The Morgan fingerprint density at radius 3 is 2.57 bits per heavy atom. The molecule has 0 spiro atoms. The maximum absolute atomic E-state index is 13.5. The van der Waals surface area contributed by atoms with Gasteiger partial charge in [0.15, 0.2) is 6.61 Å². The van der Waals surface area contributed by atoms with E-state index in [0.717, 1.165) is 11.6 Å². The SMILES string of the molecule is CN=C(OC(=C(C)C)C1CC(OC(F)(F)F)C1)[C@H]1CC[C@](S)(NC(=O)COc2ccc(Cl)c(F)c2)CN1. The third-order valence-electron chi connectivity index (χ3n) is 6.11. The number of alkyl halides is 3. The minimum atomic E-state index is -4.65. The van der Waals surface area contributed by atoms with Gasteiger partial charge >= 0.3 is 6.36 Å². The highest BCUT2D eigenvalue weighted by Gasteiger charge is 2.43. The third-order valence-corrected chi connectivity index (χ3v) is 6.91. The first-order valence-corrected chi connectivity index (χ1v) is 12.5. The molecule has 2 atom stereocenters. The smallest absolute Gasteiger partial charge is 0.484 e. The highest BCUT2D eigenvalue weighted by atomic mass is 35.5. The first-order chi connectivity index (χ1) is 17.3. The molecule has 1 amide bonds. The number of aliphatic imine (C=N–C) groups is 1. The standard InChI is InChI=1S/C24H30ClF4N3O4S/c1-13(2)21(14-8-16(9-14)36-24(27,28)29)35-22(30-3)19-6-7-23(37,12-31-19)32-20(33)11-34-15-4-5-17(25)18(26)10-15/h4-5,10,14,16,19,31,37H,6-9,11-12H2,1-3H3,(H,32,33)/t14?,16?,19-,23-/m1/s1. The van der Waals surface area contributed by atoms with E-state index >= 15 is 0 Å². The second-order valence-corrected chi connectivity index (χ2v) is 10.6. The summed E-state index contributed by atoms with van der Waals surface area (Å²) in [5.74, 6) is -0.0894. The van der Waals surface area contributed by atoms with Crippen molar-refractivity contribution in [3.63, 3.8) is 0 Å². The lowest BCUT2D eigenvalue weighted by Crippen LogP contribution is -2.59. The van der Waals surface area contributed by atoms with Crippen molar-refractivity contribution < 1.29 is 36.6 Å². The quantitative estimate of drug-likeness (QED) is 0.103. The van der Waals surface area contributed by atoms with Crippen LogP contribution in [0.2, 0.25) is 5.02 Å². The van der Waals surface area contributed by atoms with Crippen molar-refractivity contribution in [2.24, 2.45) is 10.9 Å². The lowest BCUT2D eigenvalue weighted by molar-refractivity contribution is -0.353. The Morgan fingerprint density at radius 2 is 2.03 bits per heavy atom. The number of nitrogens with one attached hydrogen (secondary N) is 2. The van der Waals surface area contributed by atoms with Gasteiger partial charge in [0.1, 0.15) is 17.3 Å². The number of hydrogen-bond donors (Lipinski definition) is 3. The molecule has 1 aliphatic heterocycles. The summed E-state index contributed by atoms with van der Waals surface area (Å²) in [4.78, 5) is 15.8. The van der Waals surface area contributed by atoms with Crippen molar-refractivity contribution in [1.29, 1.82) is 0 Å². The molecule has 0 aromatic heterocycles. The first kappa shape index (κ1) is 29.5. The fraction of sp³-hybridized carbons (Fsp3) is 0.583. The summed E-state index contributed by atoms with van der Waals surface area (Å²) in [6.07, 6.45) is -4.10. The van der Waals surface area contributed by atoms with Crippen LogP contribution in [0.1, 0.15) is 39.5 Å². The van der Waals surface area contributed by atoms with E-state index in [9.17, 15) is 22.4 Å². The number of hydrogen-bond acceptors (Lipinski definition) is 7. The Bertz CT molecular complexity index is 1040. The first-order valence-electron chi connectivity index (χ1n) is 11.7. The van der Waals surface area contributed by atoms with E-state index in [1.165, 1.54) is 12.1 Å². The van der Waals surface area contributed by atoms with Crippen molar-refractivity contribution in [3.8, 4) is 5.75 Å². The Hall–Kier alpha value is -2.02. The highest BCUT2D eigenvalue weighted by Crippen LogP contribution is 2.40. The van der Waals surface area contributed by atoms with Gasteiger partial charge < -0.3 is 20.1 Å². The van der Waals surface area contributed by atoms with Gasteiger partial charge in [-0.3, -0.25) is 14.5 Å². The molecule has 206 valence electrons. The Labute approximate surface area is 223 Å². The van der Waals surface area contributed by atoms with Crippen LogP contribution in [0.15, 0.2) is 34.5 Å². The van der Waals surface area contributed by atoms with Crippen molar-refractivity contribution in [3.05, 3.63) is 40.4 Å². The Balaban J connectivity index is 1.49. The zero-order valence-electron chi connectivity index (χ0n) is 20.6. The van der Waals surface area contributed by atoms with Crippen LogP contribution in [-0.4, -0.2) is 55.4 Å². The number of amides is 1. The maximum Gasteiger partial charge on any atom is 0.522 e. The van der Waals surface area contributed by atoms with Crippen LogP contribution in [0.4, 0.5) is 17.6 Å². The molecule has 13 heteroatoms. The van der Waals surface area contributed by atoms with Crippen LogP contribution in [0.3, 0.4) is 0 Å². The van der Waals surface area contributed by atoms with Crippen molar-refractivity contribution in [2.75, 3.05) is 20.2 Å². The molecule has 1 aromatic carbocycles. The fourth-order valence-electron chi connectivity index (χ4n) is 4.24. The van der Waals surface area contributed by atoms with E-state index in [1.807, 2.05) is 13.8 Å². The lowest BCUT2D eigenvalue weighted by atomic mass is 9.79. The van der Waals surface area contributed by atoms with E-state index in [2.05, 4.69) is 33.0 Å². The molecule has 37 heavy (non-hydrogen) atoms. The molecule has 1 heterocycles. The van der Waals surface area contributed by atoms with Crippen LogP contribution in [0.5, 0.6) is 5.75 Å². The summed E-state index contributed by atoms with van der Waals surface area (Å²) >= 11 is 10.3. The summed E-state index contributed by atoms with van der Waals surface area (Å²) in [6.45, 7) is 3.63. The average molecular weight is 568 g/mol. The van der Waals surface area contributed by atoms with E-state index < -0.39 is 29.1 Å². The molecule has 3 rings (SSSR count). The predicted octanol–water partition coefficient (Wildman–Crippen LogP) is 5.01. The van der Waals surface area contributed by atoms with Crippen molar-refractivity contribution >= 4 is 36.0 Å². The third kappa shape index (κ3) is 8.49. The maximum atomic E-state index is 13.5. The zero-order valence-corrected chi connectivity index (χ0v) is 22.3. The van der Waals surface area contributed by atoms with E-state index in [0.29, 0.717) is 31.0 Å². The molecular weight excluding hydrogens is 538 g/mol. The second kappa shape index (κ2) is 12.2. The lowest BCUT2D eigenvalue weighted by Gasteiger charge is -2.40.